The van der Waals surface area contributed by atoms with Crippen LogP contribution in [0.1, 0.15) is 43.5 Å². The molecule has 33 heavy (non-hydrogen) atoms. The molecule has 0 saturated heterocycles. The summed E-state index contributed by atoms with van der Waals surface area (Å²) in [5.41, 5.74) is 2.16. The number of carbonyl (C=O) groups is 1. The summed E-state index contributed by atoms with van der Waals surface area (Å²) in [7, 11) is 0. The first-order chi connectivity index (χ1) is 15.8. The van der Waals surface area contributed by atoms with Gasteiger partial charge in [-0.15, -0.1) is 0 Å². The quantitative estimate of drug-likeness (QED) is 0.388. The van der Waals surface area contributed by atoms with E-state index >= 15 is 0 Å². The van der Waals surface area contributed by atoms with Gasteiger partial charge in [-0.2, -0.15) is 4.98 Å². The van der Waals surface area contributed by atoms with E-state index in [-0.39, 0.29) is 41.9 Å². The van der Waals surface area contributed by atoms with Crippen LogP contribution in [0.4, 0.5) is 14.5 Å². The fraction of sp³-hybridized carbons (Fsp3) is 0.250. The molecule has 1 amide bonds. The average molecular weight is 452 g/mol. The van der Waals surface area contributed by atoms with Crippen LogP contribution in [0, 0.1) is 18.6 Å². The highest BCUT2D eigenvalue weighted by atomic mass is 19.1. The number of para-hydroxylation sites is 1. The van der Waals surface area contributed by atoms with Gasteiger partial charge < -0.3 is 14.3 Å². The summed E-state index contributed by atoms with van der Waals surface area (Å²) < 4.78 is 38.0. The van der Waals surface area contributed by atoms with Crippen molar-refractivity contribution in [3.8, 4) is 22.8 Å². The lowest BCUT2D eigenvalue weighted by Crippen LogP contribution is -2.14. The van der Waals surface area contributed by atoms with Gasteiger partial charge in [-0.25, -0.2) is 13.8 Å². The van der Waals surface area contributed by atoms with E-state index in [0.717, 1.165) is 17.7 Å². The normalized spacial score (nSPS) is 11.2. The lowest BCUT2D eigenvalue weighted by atomic mass is 10.1. The Hall–Kier alpha value is -3.88. The van der Waals surface area contributed by atoms with Gasteiger partial charge in [-0.1, -0.05) is 31.1 Å². The van der Waals surface area contributed by atoms with E-state index in [2.05, 4.69) is 20.4 Å². The number of oxazole rings is 1. The summed E-state index contributed by atoms with van der Waals surface area (Å²) in [6.45, 7) is 5.80. The van der Waals surface area contributed by atoms with Crippen molar-refractivity contribution < 1.29 is 22.5 Å². The first-order valence-electron chi connectivity index (χ1n) is 10.5. The number of amides is 1. The van der Waals surface area contributed by atoms with Gasteiger partial charge in [-0.3, -0.25) is 4.79 Å². The molecule has 2 aromatic heterocycles. The summed E-state index contributed by atoms with van der Waals surface area (Å²) in [6.07, 6.45) is 1.64. The highest BCUT2D eigenvalue weighted by Crippen LogP contribution is 2.31. The SMILES string of the molecule is Cc1cccc(-c2nc(C(C)C)no2)c1NC(=O)CCc1ncc(-c2ccc(F)cc2F)o1. The number of carbonyl (C=O) groups excluding carboxylic acids is 1. The van der Waals surface area contributed by atoms with Gasteiger partial charge in [0.2, 0.25) is 5.91 Å². The molecule has 0 bridgehead atoms. The lowest BCUT2D eigenvalue weighted by Gasteiger charge is -2.11. The molecule has 0 aliphatic rings. The maximum Gasteiger partial charge on any atom is 0.260 e. The predicted octanol–water partition coefficient (Wildman–Crippen LogP) is 5.67. The van der Waals surface area contributed by atoms with Crippen LogP contribution in [-0.2, 0) is 11.2 Å². The Labute approximate surface area is 188 Å². The van der Waals surface area contributed by atoms with Crippen LogP contribution < -0.4 is 5.32 Å². The van der Waals surface area contributed by atoms with Crippen LogP contribution in [0.15, 0.2) is 51.5 Å². The van der Waals surface area contributed by atoms with Gasteiger partial charge in [0.1, 0.15) is 11.6 Å². The first kappa shape index (κ1) is 22.3. The van der Waals surface area contributed by atoms with Crippen LogP contribution in [0.3, 0.4) is 0 Å². The van der Waals surface area contributed by atoms with Crippen molar-refractivity contribution in [3.63, 3.8) is 0 Å². The molecular formula is C24H22F2N4O3. The van der Waals surface area contributed by atoms with Gasteiger partial charge in [0.05, 0.1) is 23.0 Å². The van der Waals surface area contributed by atoms with Crippen LogP contribution in [0.25, 0.3) is 22.8 Å². The highest BCUT2D eigenvalue weighted by molar-refractivity contribution is 5.95. The van der Waals surface area contributed by atoms with Crippen LogP contribution in [-0.4, -0.2) is 21.0 Å². The zero-order valence-corrected chi connectivity index (χ0v) is 18.4. The zero-order valence-electron chi connectivity index (χ0n) is 18.4. The van der Waals surface area contributed by atoms with Crippen molar-refractivity contribution in [2.45, 2.75) is 39.5 Å². The Balaban J connectivity index is 1.45. The molecule has 0 spiro atoms. The van der Waals surface area contributed by atoms with E-state index in [1.165, 1.54) is 12.3 Å². The molecule has 9 heteroatoms. The zero-order chi connectivity index (χ0) is 23.5. The number of benzene rings is 2. The average Bonchev–Trinajstić information content (AvgIpc) is 3.44. The molecule has 0 fully saturated rings. The number of rotatable bonds is 7. The second-order valence-corrected chi connectivity index (χ2v) is 7.90. The number of aryl methyl sites for hydroxylation is 2. The van der Waals surface area contributed by atoms with Gasteiger partial charge >= 0.3 is 0 Å². The Bertz CT molecular complexity index is 1300. The summed E-state index contributed by atoms with van der Waals surface area (Å²) in [5, 5.41) is 6.89. The molecule has 170 valence electrons. The minimum Gasteiger partial charge on any atom is -0.441 e. The molecule has 0 saturated carbocycles. The molecule has 0 aliphatic heterocycles. The molecular weight excluding hydrogens is 430 g/mol. The van der Waals surface area contributed by atoms with Crippen LogP contribution in [0.5, 0.6) is 0 Å². The summed E-state index contributed by atoms with van der Waals surface area (Å²) in [4.78, 5) is 21.2. The van der Waals surface area contributed by atoms with E-state index < -0.39 is 11.6 Å². The standard InChI is InChI=1S/C24H22F2N4O3/c1-13(2)23-29-24(33-30-23)17-6-4-5-14(3)22(17)28-20(31)9-10-21-27-12-19(32-21)16-8-7-15(25)11-18(16)26/h4-8,11-13H,9-10H2,1-3H3,(H,28,31). The third-order valence-corrected chi connectivity index (χ3v) is 5.04. The summed E-state index contributed by atoms with van der Waals surface area (Å²) in [5.74, 6) is -0.221. The maximum absolute atomic E-state index is 14.0. The number of halogens is 2. The fourth-order valence-corrected chi connectivity index (χ4v) is 3.25. The maximum atomic E-state index is 14.0. The number of hydrogen-bond acceptors (Lipinski definition) is 6. The van der Waals surface area contributed by atoms with E-state index in [1.807, 2.05) is 32.9 Å². The topological polar surface area (TPSA) is 94.1 Å². The highest BCUT2D eigenvalue weighted by Gasteiger charge is 2.18. The monoisotopic (exact) mass is 452 g/mol. The Kier molecular flexibility index (Phi) is 6.30. The third kappa shape index (κ3) is 4.97. The summed E-state index contributed by atoms with van der Waals surface area (Å²) >= 11 is 0. The Morgan fingerprint density at radius 1 is 1.15 bits per heavy atom. The minimum absolute atomic E-state index is 0.0840. The van der Waals surface area contributed by atoms with Gasteiger partial charge in [-0.05, 0) is 30.7 Å². The molecule has 2 aromatic carbocycles. The first-order valence-corrected chi connectivity index (χ1v) is 10.5. The molecule has 0 unspecified atom stereocenters. The van der Waals surface area contributed by atoms with Gasteiger partial charge in [0.25, 0.3) is 5.89 Å². The van der Waals surface area contributed by atoms with Crippen molar-refractivity contribution in [2.24, 2.45) is 0 Å². The molecule has 0 radical (unpaired) electrons. The van der Waals surface area contributed by atoms with E-state index in [9.17, 15) is 13.6 Å². The largest absolute Gasteiger partial charge is 0.441 e. The van der Waals surface area contributed by atoms with Crippen molar-refractivity contribution in [1.82, 2.24) is 15.1 Å². The smallest absolute Gasteiger partial charge is 0.260 e. The van der Waals surface area contributed by atoms with E-state index in [4.69, 9.17) is 8.94 Å². The fourth-order valence-electron chi connectivity index (χ4n) is 3.25. The molecule has 4 aromatic rings. The molecule has 2 heterocycles. The van der Waals surface area contributed by atoms with Crippen molar-refractivity contribution in [2.75, 3.05) is 5.32 Å². The van der Waals surface area contributed by atoms with E-state index in [0.29, 0.717) is 23.0 Å². The number of nitrogens with zero attached hydrogens (tertiary/aromatic N) is 3. The number of aromatic nitrogens is 3. The van der Waals surface area contributed by atoms with Crippen molar-refractivity contribution in [1.29, 1.82) is 0 Å². The Morgan fingerprint density at radius 3 is 2.70 bits per heavy atom. The van der Waals surface area contributed by atoms with E-state index in [1.54, 1.807) is 6.07 Å². The minimum atomic E-state index is -0.746. The second-order valence-electron chi connectivity index (χ2n) is 7.90. The van der Waals surface area contributed by atoms with Crippen molar-refractivity contribution >= 4 is 11.6 Å². The number of hydrogen-bond donors (Lipinski definition) is 1. The Morgan fingerprint density at radius 2 is 1.97 bits per heavy atom. The molecule has 1 N–H and O–H groups in total. The summed E-state index contributed by atoms with van der Waals surface area (Å²) in [6, 6.07) is 8.72. The lowest BCUT2D eigenvalue weighted by molar-refractivity contribution is -0.116. The number of nitrogens with one attached hydrogen (secondary N) is 1. The second kappa shape index (κ2) is 9.32. The third-order valence-electron chi connectivity index (χ3n) is 5.04. The number of anilines is 1. The van der Waals surface area contributed by atoms with Gasteiger partial charge in [0.15, 0.2) is 17.5 Å². The molecule has 0 aliphatic carbocycles. The molecule has 7 nitrogen and oxygen atoms in total. The van der Waals surface area contributed by atoms with Gasteiger partial charge in [0, 0.05) is 24.8 Å². The van der Waals surface area contributed by atoms with Crippen LogP contribution >= 0.6 is 0 Å². The molecule has 0 atom stereocenters. The predicted molar refractivity (Wildman–Crippen MR) is 117 cm³/mol. The van der Waals surface area contributed by atoms with Crippen LogP contribution in [0.2, 0.25) is 0 Å². The van der Waals surface area contributed by atoms with Crippen molar-refractivity contribution in [3.05, 3.63) is 71.5 Å². The molecule has 4 rings (SSSR count).